The Morgan fingerprint density at radius 2 is 1.27 bits per heavy atom. The molecule has 0 radical (unpaired) electrons. The monoisotopic (exact) mass is 432 g/mol. The van der Waals surface area contributed by atoms with Gasteiger partial charge in [0.1, 0.15) is 5.75 Å². The predicted molar refractivity (Wildman–Crippen MR) is 136 cm³/mol. The molecule has 0 aliphatic heterocycles. The number of H-pyrrole nitrogens is 1. The third-order valence-electron chi connectivity index (χ3n) is 6.38. The topological polar surface area (TPSA) is 37.0 Å². The second-order valence-corrected chi connectivity index (χ2v) is 8.25. The molecular formula is C30H28N2O. The van der Waals surface area contributed by atoms with Crippen molar-refractivity contribution in [3.8, 4) is 5.75 Å². The number of benzene rings is 4. The molecule has 0 aliphatic rings. The van der Waals surface area contributed by atoms with E-state index in [1.807, 2.05) is 6.07 Å². The maximum atomic E-state index is 5.37. The summed E-state index contributed by atoms with van der Waals surface area (Å²) in [5.41, 5.74) is 5.63. The highest BCUT2D eigenvalue weighted by atomic mass is 16.5. The van der Waals surface area contributed by atoms with Crippen LogP contribution in [0.15, 0.2) is 115 Å². The number of hydrogen-bond acceptors (Lipinski definition) is 2. The fourth-order valence-electron chi connectivity index (χ4n) is 4.75. The first-order chi connectivity index (χ1) is 16.3. The van der Waals surface area contributed by atoms with Crippen LogP contribution >= 0.6 is 0 Å². The molecule has 0 bridgehead atoms. The van der Waals surface area contributed by atoms with Crippen LogP contribution in [0, 0.1) is 0 Å². The van der Waals surface area contributed by atoms with Gasteiger partial charge in [0, 0.05) is 29.7 Å². The Labute approximate surface area is 195 Å². The Morgan fingerprint density at radius 3 is 1.79 bits per heavy atom. The zero-order valence-corrected chi connectivity index (χ0v) is 18.8. The number of aromatic nitrogens is 1. The van der Waals surface area contributed by atoms with Gasteiger partial charge in [0.15, 0.2) is 0 Å². The summed E-state index contributed by atoms with van der Waals surface area (Å²) >= 11 is 0. The van der Waals surface area contributed by atoms with Crippen molar-refractivity contribution in [1.29, 1.82) is 0 Å². The molecule has 1 aromatic heterocycles. The fourth-order valence-corrected chi connectivity index (χ4v) is 4.75. The van der Waals surface area contributed by atoms with Crippen LogP contribution in [0.3, 0.4) is 0 Å². The van der Waals surface area contributed by atoms with Crippen LogP contribution in [0.2, 0.25) is 0 Å². The van der Waals surface area contributed by atoms with Gasteiger partial charge in [-0.3, -0.25) is 5.32 Å². The molecule has 164 valence electrons. The molecule has 1 heterocycles. The van der Waals surface area contributed by atoms with E-state index in [1.54, 1.807) is 7.11 Å². The quantitative estimate of drug-likeness (QED) is 0.282. The van der Waals surface area contributed by atoms with E-state index in [9.17, 15) is 0 Å². The molecule has 0 amide bonds. The van der Waals surface area contributed by atoms with Gasteiger partial charge in [-0.05, 0) is 40.8 Å². The van der Waals surface area contributed by atoms with Gasteiger partial charge in [-0.1, -0.05) is 91.0 Å². The predicted octanol–water partition coefficient (Wildman–Crippen LogP) is 6.30. The van der Waals surface area contributed by atoms with Crippen LogP contribution in [0.1, 0.15) is 22.3 Å². The standard InChI is InChI=1S/C30H28N2O/c1-33-27-17-18-28-23(22-31-29(28)21-27)19-20-32-30(24-11-5-2-6-12-24,25-13-7-3-8-14-25)26-15-9-4-10-16-26/h2-18,21-22,31-32H,19-20H2,1H3. The summed E-state index contributed by atoms with van der Waals surface area (Å²) in [6.07, 6.45) is 3.02. The average Bonchev–Trinajstić information content (AvgIpc) is 3.30. The van der Waals surface area contributed by atoms with Crippen molar-refractivity contribution < 1.29 is 4.74 Å². The summed E-state index contributed by atoms with van der Waals surface area (Å²) in [6, 6.07) is 38.4. The molecule has 5 aromatic rings. The molecule has 0 spiro atoms. The molecule has 4 aromatic carbocycles. The van der Waals surface area contributed by atoms with Crippen LogP contribution in [-0.4, -0.2) is 18.6 Å². The van der Waals surface area contributed by atoms with Crippen molar-refractivity contribution in [2.45, 2.75) is 12.0 Å². The molecule has 0 unspecified atom stereocenters. The first-order valence-electron chi connectivity index (χ1n) is 11.4. The molecule has 2 N–H and O–H groups in total. The molecule has 0 fully saturated rings. The summed E-state index contributed by atoms with van der Waals surface area (Å²) in [6.45, 7) is 0.817. The third-order valence-corrected chi connectivity index (χ3v) is 6.38. The number of methoxy groups -OCH3 is 1. The van der Waals surface area contributed by atoms with E-state index in [4.69, 9.17) is 4.74 Å². The minimum Gasteiger partial charge on any atom is -0.497 e. The normalized spacial score (nSPS) is 11.5. The lowest BCUT2D eigenvalue weighted by Crippen LogP contribution is -2.45. The molecule has 0 saturated heterocycles. The van der Waals surface area contributed by atoms with E-state index in [-0.39, 0.29) is 0 Å². The molecule has 0 atom stereocenters. The van der Waals surface area contributed by atoms with Gasteiger partial charge >= 0.3 is 0 Å². The summed E-state index contributed by atoms with van der Waals surface area (Å²) < 4.78 is 5.37. The number of nitrogens with one attached hydrogen (secondary N) is 2. The van der Waals surface area contributed by atoms with Crippen LogP contribution < -0.4 is 10.1 Å². The summed E-state index contributed by atoms with van der Waals surface area (Å²) in [4.78, 5) is 3.40. The number of fused-ring (bicyclic) bond motifs is 1. The largest absolute Gasteiger partial charge is 0.497 e. The van der Waals surface area contributed by atoms with Gasteiger partial charge in [-0.15, -0.1) is 0 Å². The highest BCUT2D eigenvalue weighted by Crippen LogP contribution is 2.36. The van der Waals surface area contributed by atoms with E-state index in [1.165, 1.54) is 27.6 Å². The second kappa shape index (κ2) is 9.35. The van der Waals surface area contributed by atoms with Crippen molar-refractivity contribution in [1.82, 2.24) is 10.3 Å². The van der Waals surface area contributed by atoms with E-state index in [2.05, 4.69) is 120 Å². The Kier molecular flexibility index (Phi) is 5.97. The van der Waals surface area contributed by atoms with Gasteiger partial charge in [0.05, 0.1) is 12.6 Å². The van der Waals surface area contributed by atoms with E-state index >= 15 is 0 Å². The first-order valence-corrected chi connectivity index (χ1v) is 11.4. The first kappa shape index (κ1) is 21.0. The average molecular weight is 433 g/mol. The Bertz CT molecular complexity index is 1210. The van der Waals surface area contributed by atoms with Gasteiger partial charge in [-0.2, -0.15) is 0 Å². The minimum absolute atomic E-state index is 0.445. The van der Waals surface area contributed by atoms with Crippen LogP contribution in [0.5, 0.6) is 5.75 Å². The van der Waals surface area contributed by atoms with E-state index in [0.29, 0.717) is 0 Å². The summed E-state index contributed by atoms with van der Waals surface area (Å²) in [5.74, 6) is 0.866. The van der Waals surface area contributed by atoms with Gasteiger partial charge in [0.2, 0.25) is 0 Å². The van der Waals surface area contributed by atoms with Crippen molar-refractivity contribution >= 4 is 10.9 Å². The number of aromatic amines is 1. The summed E-state index contributed by atoms with van der Waals surface area (Å²) in [7, 11) is 1.70. The van der Waals surface area contributed by atoms with E-state index < -0.39 is 5.54 Å². The maximum absolute atomic E-state index is 5.37. The molecule has 0 saturated carbocycles. The fraction of sp³-hybridized carbons (Fsp3) is 0.133. The van der Waals surface area contributed by atoms with E-state index in [0.717, 1.165) is 24.2 Å². The second-order valence-electron chi connectivity index (χ2n) is 8.25. The van der Waals surface area contributed by atoms with Crippen molar-refractivity contribution in [3.63, 3.8) is 0 Å². The third kappa shape index (κ3) is 4.04. The zero-order valence-electron chi connectivity index (χ0n) is 18.8. The highest BCUT2D eigenvalue weighted by Gasteiger charge is 2.35. The number of rotatable bonds is 8. The van der Waals surface area contributed by atoms with Crippen LogP contribution in [-0.2, 0) is 12.0 Å². The number of ether oxygens (including phenoxy) is 1. The lowest BCUT2D eigenvalue weighted by atomic mass is 9.77. The SMILES string of the molecule is COc1ccc2c(CCNC(c3ccccc3)(c3ccccc3)c3ccccc3)c[nH]c2c1. The van der Waals surface area contributed by atoms with Gasteiger partial charge in [-0.25, -0.2) is 0 Å². The molecule has 5 rings (SSSR count). The minimum atomic E-state index is -0.445. The lowest BCUT2D eigenvalue weighted by Gasteiger charge is -2.37. The molecule has 3 nitrogen and oxygen atoms in total. The number of hydrogen-bond donors (Lipinski definition) is 2. The summed E-state index contributed by atoms with van der Waals surface area (Å²) in [5, 5.41) is 5.21. The smallest absolute Gasteiger partial charge is 0.120 e. The Balaban J connectivity index is 1.53. The van der Waals surface area contributed by atoms with Gasteiger partial charge in [0.25, 0.3) is 0 Å². The molecule has 3 heteroatoms. The van der Waals surface area contributed by atoms with Crippen LogP contribution in [0.25, 0.3) is 10.9 Å². The zero-order chi connectivity index (χ0) is 22.5. The van der Waals surface area contributed by atoms with Crippen LogP contribution in [0.4, 0.5) is 0 Å². The van der Waals surface area contributed by atoms with Gasteiger partial charge < -0.3 is 9.72 Å². The lowest BCUT2D eigenvalue weighted by molar-refractivity contribution is 0.415. The van der Waals surface area contributed by atoms with Crippen molar-refractivity contribution in [2.24, 2.45) is 0 Å². The Morgan fingerprint density at radius 1 is 0.727 bits per heavy atom. The molecular weight excluding hydrogens is 404 g/mol. The van der Waals surface area contributed by atoms with Crippen molar-refractivity contribution in [3.05, 3.63) is 138 Å². The molecule has 0 aliphatic carbocycles. The maximum Gasteiger partial charge on any atom is 0.120 e. The Hall–Kier alpha value is -3.82. The molecule has 33 heavy (non-hydrogen) atoms. The highest BCUT2D eigenvalue weighted by molar-refractivity contribution is 5.84. The van der Waals surface area contributed by atoms with Crippen molar-refractivity contribution in [2.75, 3.05) is 13.7 Å².